The number of carbonyl (C=O) groups is 2. The first kappa shape index (κ1) is 13.9. The van der Waals surface area contributed by atoms with E-state index in [1.165, 1.54) is 13.8 Å². The summed E-state index contributed by atoms with van der Waals surface area (Å²) < 4.78 is 11.0. The van der Waals surface area contributed by atoms with Crippen LogP contribution in [-0.2, 0) is 19.1 Å². The minimum Gasteiger partial charge on any atom is -0.481 e. The Kier molecular flexibility index (Phi) is 3.78. The molecule has 2 N–H and O–H groups in total. The maximum absolute atomic E-state index is 11.0. The number of ether oxygens (including phenoxy) is 2. The van der Waals surface area contributed by atoms with Crippen molar-refractivity contribution in [2.24, 2.45) is 11.8 Å². The van der Waals surface area contributed by atoms with Gasteiger partial charge in [-0.25, -0.2) is 0 Å². The van der Waals surface area contributed by atoms with Crippen molar-refractivity contribution in [2.75, 3.05) is 0 Å². The number of hydrogen-bond acceptors (Lipinski definition) is 4. The average molecular weight is 246 g/mol. The van der Waals surface area contributed by atoms with E-state index in [0.29, 0.717) is 0 Å². The van der Waals surface area contributed by atoms with Crippen LogP contribution in [0.5, 0.6) is 0 Å². The topological polar surface area (TPSA) is 93.1 Å². The third-order valence-corrected chi connectivity index (χ3v) is 2.93. The van der Waals surface area contributed by atoms with Crippen LogP contribution in [0.2, 0.25) is 0 Å². The lowest BCUT2D eigenvalue weighted by Crippen LogP contribution is -2.40. The highest BCUT2D eigenvalue weighted by molar-refractivity contribution is 5.72. The second kappa shape index (κ2) is 4.62. The molecular formula is C11H18O6. The van der Waals surface area contributed by atoms with Gasteiger partial charge in [-0.2, -0.15) is 0 Å². The molecule has 1 saturated heterocycles. The molecule has 1 aliphatic heterocycles. The van der Waals surface area contributed by atoms with Gasteiger partial charge in [-0.05, 0) is 27.7 Å². The zero-order chi connectivity index (χ0) is 13.4. The SMILES string of the molecule is CC(C(=O)O)C1OC(C)(C)OC1C(C)C(=O)O. The highest BCUT2D eigenvalue weighted by Gasteiger charge is 2.49. The number of carboxylic acids is 2. The smallest absolute Gasteiger partial charge is 0.308 e. The highest BCUT2D eigenvalue weighted by Crippen LogP contribution is 2.35. The van der Waals surface area contributed by atoms with Gasteiger partial charge in [0.1, 0.15) is 12.2 Å². The van der Waals surface area contributed by atoms with E-state index in [1.807, 2.05) is 0 Å². The Balaban J connectivity index is 2.92. The van der Waals surface area contributed by atoms with E-state index in [9.17, 15) is 9.59 Å². The lowest BCUT2D eigenvalue weighted by molar-refractivity contribution is -0.162. The third-order valence-electron chi connectivity index (χ3n) is 2.93. The second-order valence-corrected chi connectivity index (χ2v) is 4.82. The molecule has 6 heteroatoms. The molecule has 0 spiro atoms. The Morgan fingerprint density at radius 1 is 1.00 bits per heavy atom. The minimum absolute atomic E-state index is 0.756. The van der Waals surface area contributed by atoms with E-state index in [2.05, 4.69) is 0 Å². The standard InChI is InChI=1S/C11H18O6/c1-5(9(12)13)7-8(6(2)10(14)15)17-11(3,4)16-7/h5-8H,1-4H3,(H,12,13)(H,14,15). The van der Waals surface area contributed by atoms with Crippen LogP contribution in [0, 0.1) is 11.8 Å². The van der Waals surface area contributed by atoms with E-state index in [4.69, 9.17) is 19.7 Å². The Hall–Kier alpha value is -1.14. The third kappa shape index (κ3) is 2.95. The van der Waals surface area contributed by atoms with Crippen molar-refractivity contribution >= 4 is 11.9 Å². The number of carboxylic acid groups (broad SMARTS) is 2. The zero-order valence-corrected chi connectivity index (χ0v) is 10.3. The average Bonchev–Trinajstić information content (AvgIpc) is 2.51. The van der Waals surface area contributed by atoms with Crippen molar-refractivity contribution in [1.82, 2.24) is 0 Å². The van der Waals surface area contributed by atoms with Crippen molar-refractivity contribution in [1.29, 1.82) is 0 Å². The van der Waals surface area contributed by atoms with Gasteiger partial charge >= 0.3 is 11.9 Å². The first-order valence-corrected chi connectivity index (χ1v) is 5.47. The van der Waals surface area contributed by atoms with Crippen LogP contribution in [-0.4, -0.2) is 40.1 Å². The molecule has 6 nitrogen and oxygen atoms in total. The predicted molar refractivity (Wildman–Crippen MR) is 57.4 cm³/mol. The van der Waals surface area contributed by atoms with Gasteiger partial charge in [0.15, 0.2) is 5.79 Å². The van der Waals surface area contributed by atoms with E-state index in [1.54, 1.807) is 13.8 Å². The van der Waals surface area contributed by atoms with Gasteiger partial charge in [-0.15, -0.1) is 0 Å². The van der Waals surface area contributed by atoms with Crippen LogP contribution in [0.3, 0.4) is 0 Å². The van der Waals surface area contributed by atoms with E-state index >= 15 is 0 Å². The number of hydrogen-bond donors (Lipinski definition) is 2. The second-order valence-electron chi connectivity index (χ2n) is 4.82. The van der Waals surface area contributed by atoms with Crippen LogP contribution in [0.25, 0.3) is 0 Å². The molecule has 4 unspecified atom stereocenters. The molecule has 1 heterocycles. The molecule has 4 atom stereocenters. The molecule has 0 aromatic carbocycles. The summed E-state index contributed by atoms with van der Waals surface area (Å²) in [5, 5.41) is 17.9. The molecular weight excluding hydrogens is 228 g/mol. The number of rotatable bonds is 4. The van der Waals surface area contributed by atoms with Crippen LogP contribution in [0.1, 0.15) is 27.7 Å². The summed E-state index contributed by atoms with van der Waals surface area (Å²) in [5.74, 6) is -4.65. The Bertz CT molecular complexity index is 294. The lowest BCUT2D eigenvalue weighted by Gasteiger charge is -2.22. The van der Waals surface area contributed by atoms with Gasteiger partial charge < -0.3 is 19.7 Å². The van der Waals surface area contributed by atoms with Crippen molar-refractivity contribution < 1.29 is 29.3 Å². The van der Waals surface area contributed by atoms with Crippen LogP contribution >= 0.6 is 0 Å². The van der Waals surface area contributed by atoms with Gasteiger partial charge in [0.25, 0.3) is 0 Å². The number of aliphatic carboxylic acids is 2. The first-order chi connectivity index (χ1) is 7.65. The lowest BCUT2D eigenvalue weighted by atomic mass is 9.92. The summed E-state index contributed by atoms with van der Waals surface area (Å²) in [7, 11) is 0. The van der Waals surface area contributed by atoms with Gasteiger partial charge in [0, 0.05) is 0 Å². The van der Waals surface area contributed by atoms with Crippen LogP contribution in [0.15, 0.2) is 0 Å². The van der Waals surface area contributed by atoms with E-state index in [0.717, 1.165) is 0 Å². The molecule has 98 valence electrons. The summed E-state index contributed by atoms with van der Waals surface area (Å²) in [6.07, 6.45) is -1.51. The van der Waals surface area contributed by atoms with Gasteiger partial charge in [0.05, 0.1) is 11.8 Å². The summed E-state index contributed by atoms with van der Waals surface area (Å²) >= 11 is 0. The highest BCUT2D eigenvalue weighted by atomic mass is 16.8. The molecule has 1 aliphatic rings. The molecule has 0 bridgehead atoms. The fourth-order valence-electron chi connectivity index (χ4n) is 1.87. The molecule has 0 radical (unpaired) electrons. The molecule has 0 amide bonds. The van der Waals surface area contributed by atoms with Crippen LogP contribution in [0.4, 0.5) is 0 Å². The quantitative estimate of drug-likeness (QED) is 0.767. The molecule has 1 rings (SSSR count). The normalized spacial score (nSPS) is 30.8. The van der Waals surface area contributed by atoms with Gasteiger partial charge in [0.2, 0.25) is 0 Å². The predicted octanol–water partition coefficient (Wildman–Crippen LogP) is 0.948. The van der Waals surface area contributed by atoms with Crippen molar-refractivity contribution in [2.45, 2.75) is 45.7 Å². The molecule has 0 aromatic rings. The summed E-state index contributed by atoms with van der Waals surface area (Å²) in [5.41, 5.74) is 0. The Morgan fingerprint density at radius 3 is 1.53 bits per heavy atom. The molecule has 0 aliphatic carbocycles. The first-order valence-electron chi connectivity index (χ1n) is 5.47. The fraction of sp³-hybridized carbons (Fsp3) is 0.818. The van der Waals surface area contributed by atoms with Crippen molar-refractivity contribution in [3.63, 3.8) is 0 Å². The molecule has 1 fully saturated rings. The minimum atomic E-state index is -1.03. The van der Waals surface area contributed by atoms with Crippen LogP contribution < -0.4 is 0 Å². The Morgan fingerprint density at radius 2 is 1.29 bits per heavy atom. The summed E-state index contributed by atoms with van der Waals surface area (Å²) in [4.78, 5) is 21.9. The monoisotopic (exact) mass is 246 g/mol. The molecule has 0 aromatic heterocycles. The molecule has 17 heavy (non-hydrogen) atoms. The van der Waals surface area contributed by atoms with Crippen molar-refractivity contribution in [3.8, 4) is 0 Å². The largest absolute Gasteiger partial charge is 0.481 e. The van der Waals surface area contributed by atoms with Gasteiger partial charge in [-0.1, -0.05) is 0 Å². The van der Waals surface area contributed by atoms with E-state index in [-0.39, 0.29) is 0 Å². The summed E-state index contributed by atoms with van der Waals surface area (Å²) in [6.45, 7) is 6.25. The summed E-state index contributed by atoms with van der Waals surface area (Å²) in [6, 6.07) is 0. The van der Waals surface area contributed by atoms with Gasteiger partial charge in [-0.3, -0.25) is 9.59 Å². The maximum Gasteiger partial charge on any atom is 0.308 e. The zero-order valence-electron chi connectivity index (χ0n) is 10.3. The maximum atomic E-state index is 11.0. The molecule has 0 saturated carbocycles. The fourth-order valence-corrected chi connectivity index (χ4v) is 1.87. The van der Waals surface area contributed by atoms with Crippen molar-refractivity contribution in [3.05, 3.63) is 0 Å². The van der Waals surface area contributed by atoms with E-state index < -0.39 is 41.8 Å². The Labute approximate surface area is 99.5 Å².